The van der Waals surface area contributed by atoms with Crippen molar-refractivity contribution in [2.75, 3.05) is 12.4 Å². The maximum Gasteiger partial charge on any atom is 0.305 e. The summed E-state index contributed by atoms with van der Waals surface area (Å²) in [6, 6.07) is 3.85. The van der Waals surface area contributed by atoms with Crippen LogP contribution in [0.4, 0.5) is 0 Å². The lowest BCUT2D eigenvalue weighted by Gasteiger charge is -2.01. The van der Waals surface area contributed by atoms with Crippen molar-refractivity contribution in [3.8, 4) is 0 Å². The maximum atomic E-state index is 11.0. The van der Waals surface area contributed by atoms with Gasteiger partial charge in [0.15, 0.2) is 5.09 Å². The van der Waals surface area contributed by atoms with E-state index in [1.165, 1.54) is 0 Å². The molecule has 4 heteroatoms. The predicted molar refractivity (Wildman–Crippen MR) is 64.5 cm³/mol. The second-order valence-electron chi connectivity index (χ2n) is 3.40. The fourth-order valence-corrected chi connectivity index (χ4v) is 2.15. The lowest BCUT2D eigenvalue weighted by Crippen LogP contribution is -2.03. The van der Waals surface area contributed by atoms with Crippen LogP contribution in [0, 0.1) is 0 Å². The minimum absolute atomic E-state index is 0.0822. The number of hydrogen-bond donors (Lipinski definition) is 0. The first-order valence-corrected chi connectivity index (χ1v) is 6.63. The number of esters is 1. The van der Waals surface area contributed by atoms with E-state index in [1.807, 2.05) is 19.1 Å². The molecule has 1 aromatic rings. The van der Waals surface area contributed by atoms with Crippen LogP contribution in [0.2, 0.25) is 0 Å². The van der Waals surface area contributed by atoms with E-state index in [9.17, 15) is 4.79 Å². The molecule has 0 amide bonds. The van der Waals surface area contributed by atoms with Gasteiger partial charge in [-0.05, 0) is 31.9 Å². The predicted octanol–water partition coefficient (Wildman–Crippen LogP) is 3.50. The van der Waals surface area contributed by atoms with Gasteiger partial charge >= 0.3 is 5.97 Å². The number of thioether (sulfide) groups is 1. The number of hydrogen-bond acceptors (Lipinski definition) is 4. The fraction of sp³-hybridized carbons (Fsp3) is 0.583. The molecule has 0 aliphatic rings. The monoisotopic (exact) mass is 242 g/mol. The molecule has 90 valence electrons. The average Bonchev–Trinajstić information content (AvgIpc) is 2.76. The Morgan fingerprint density at radius 2 is 2.31 bits per heavy atom. The quantitative estimate of drug-likeness (QED) is 0.397. The molecule has 0 fully saturated rings. The van der Waals surface area contributed by atoms with Gasteiger partial charge in [-0.2, -0.15) is 0 Å². The first kappa shape index (κ1) is 13.2. The van der Waals surface area contributed by atoms with E-state index >= 15 is 0 Å². The molecule has 1 heterocycles. The van der Waals surface area contributed by atoms with Gasteiger partial charge < -0.3 is 9.15 Å². The van der Waals surface area contributed by atoms with Gasteiger partial charge in [0.2, 0.25) is 0 Å². The number of unbranched alkanes of at least 4 members (excludes halogenated alkanes) is 2. The van der Waals surface area contributed by atoms with Crippen LogP contribution >= 0.6 is 11.8 Å². The molecule has 3 nitrogen and oxygen atoms in total. The third-order valence-electron chi connectivity index (χ3n) is 2.07. The molecule has 0 saturated carbocycles. The van der Waals surface area contributed by atoms with Gasteiger partial charge in [0, 0.05) is 12.2 Å². The Hall–Kier alpha value is -0.900. The smallest absolute Gasteiger partial charge is 0.305 e. The van der Waals surface area contributed by atoms with Gasteiger partial charge in [-0.3, -0.25) is 4.79 Å². The molecular formula is C12H18O3S. The summed E-state index contributed by atoms with van der Waals surface area (Å²) in [5.74, 6) is 0.956. The van der Waals surface area contributed by atoms with E-state index in [-0.39, 0.29) is 5.97 Å². The molecule has 0 radical (unpaired) electrons. The van der Waals surface area contributed by atoms with Gasteiger partial charge in [0.25, 0.3) is 0 Å². The van der Waals surface area contributed by atoms with Gasteiger partial charge in [0.1, 0.15) is 0 Å². The van der Waals surface area contributed by atoms with Crippen molar-refractivity contribution in [3.63, 3.8) is 0 Å². The molecular weight excluding hydrogens is 224 g/mol. The largest absolute Gasteiger partial charge is 0.466 e. The molecule has 0 N–H and O–H groups in total. The molecule has 0 aliphatic carbocycles. The lowest BCUT2D eigenvalue weighted by molar-refractivity contribution is -0.143. The molecule has 1 rings (SSSR count). The van der Waals surface area contributed by atoms with Gasteiger partial charge in [-0.15, -0.1) is 0 Å². The van der Waals surface area contributed by atoms with E-state index in [2.05, 4.69) is 0 Å². The number of carbonyl (C=O) groups is 1. The first-order chi connectivity index (χ1) is 7.83. The topological polar surface area (TPSA) is 39.4 Å². The summed E-state index contributed by atoms with van der Waals surface area (Å²) >= 11 is 1.71. The molecule has 16 heavy (non-hydrogen) atoms. The van der Waals surface area contributed by atoms with Crippen LogP contribution < -0.4 is 0 Å². The third-order valence-corrected chi connectivity index (χ3v) is 3.08. The van der Waals surface area contributed by atoms with Crippen LogP contribution in [-0.2, 0) is 9.53 Å². The van der Waals surface area contributed by atoms with Crippen LogP contribution in [0.15, 0.2) is 27.9 Å². The Bertz CT molecular complexity index is 282. The van der Waals surface area contributed by atoms with Crippen LogP contribution in [0.5, 0.6) is 0 Å². The Balaban J connectivity index is 1.90. The molecule has 0 unspecified atom stereocenters. The number of furan rings is 1. The van der Waals surface area contributed by atoms with Crippen LogP contribution in [0.1, 0.15) is 32.6 Å². The van der Waals surface area contributed by atoms with E-state index < -0.39 is 0 Å². The lowest BCUT2D eigenvalue weighted by atomic mass is 10.2. The summed E-state index contributed by atoms with van der Waals surface area (Å²) in [6.07, 6.45) is 5.30. The van der Waals surface area contributed by atoms with Crippen molar-refractivity contribution in [3.05, 3.63) is 18.4 Å². The number of ether oxygens (including phenoxy) is 1. The Morgan fingerprint density at radius 3 is 3.00 bits per heavy atom. The zero-order valence-corrected chi connectivity index (χ0v) is 10.4. The summed E-state index contributed by atoms with van der Waals surface area (Å²) in [5, 5.41) is 0.963. The van der Waals surface area contributed by atoms with Gasteiger partial charge in [0.05, 0.1) is 12.9 Å². The van der Waals surface area contributed by atoms with Crippen molar-refractivity contribution in [1.29, 1.82) is 0 Å². The average molecular weight is 242 g/mol. The summed E-state index contributed by atoms with van der Waals surface area (Å²) < 4.78 is 10.0. The molecule has 0 bridgehead atoms. The van der Waals surface area contributed by atoms with Crippen molar-refractivity contribution in [1.82, 2.24) is 0 Å². The summed E-state index contributed by atoms with van der Waals surface area (Å²) in [5.41, 5.74) is 0. The van der Waals surface area contributed by atoms with Gasteiger partial charge in [-0.25, -0.2) is 0 Å². The Kier molecular flexibility index (Phi) is 6.81. The van der Waals surface area contributed by atoms with Crippen molar-refractivity contribution < 1.29 is 13.9 Å². The highest BCUT2D eigenvalue weighted by Crippen LogP contribution is 2.19. The fourth-order valence-electron chi connectivity index (χ4n) is 1.30. The molecule has 0 aromatic carbocycles. The zero-order valence-electron chi connectivity index (χ0n) is 9.61. The number of carbonyl (C=O) groups excluding carboxylic acids is 1. The molecule has 0 atom stereocenters. The highest BCUT2D eigenvalue weighted by Gasteiger charge is 2.01. The molecule has 1 aromatic heterocycles. The minimum Gasteiger partial charge on any atom is -0.466 e. The summed E-state index contributed by atoms with van der Waals surface area (Å²) in [4.78, 5) is 11.0. The van der Waals surface area contributed by atoms with E-state index in [0.717, 1.165) is 30.1 Å². The van der Waals surface area contributed by atoms with Crippen molar-refractivity contribution >= 4 is 17.7 Å². The Morgan fingerprint density at radius 1 is 1.44 bits per heavy atom. The van der Waals surface area contributed by atoms with E-state index in [1.54, 1.807) is 18.0 Å². The summed E-state index contributed by atoms with van der Waals surface area (Å²) in [6.45, 7) is 2.31. The second kappa shape index (κ2) is 8.28. The standard InChI is InChI=1S/C12H18O3S/c1-2-14-11(13)7-4-3-5-10-16-12-8-6-9-15-12/h6,8-9H,2-5,7,10H2,1H3. The normalized spacial score (nSPS) is 10.3. The first-order valence-electron chi connectivity index (χ1n) is 5.65. The second-order valence-corrected chi connectivity index (χ2v) is 4.50. The molecule has 0 saturated heterocycles. The molecule has 0 spiro atoms. The van der Waals surface area contributed by atoms with Crippen LogP contribution in [0.25, 0.3) is 0 Å². The SMILES string of the molecule is CCOC(=O)CCCCCSc1ccco1. The maximum absolute atomic E-state index is 11.0. The highest BCUT2D eigenvalue weighted by atomic mass is 32.2. The number of rotatable bonds is 8. The summed E-state index contributed by atoms with van der Waals surface area (Å²) in [7, 11) is 0. The van der Waals surface area contributed by atoms with Crippen molar-refractivity contribution in [2.24, 2.45) is 0 Å². The minimum atomic E-state index is -0.0822. The van der Waals surface area contributed by atoms with Gasteiger partial charge in [-0.1, -0.05) is 18.2 Å². The van der Waals surface area contributed by atoms with E-state index in [4.69, 9.17) is 9.15 Å². The zero-order chi connectivity index (χ0) is 11.6. The van der Waals surface area contributed by atoms with Crippen molar-refractivity contribution in [2.45, 2.75) is 37.7 Å². The third kappa shape index (κ3) is 5.85. The van der Waals surface area contributed by atoms with Crippen LogP contribution in [0.3, 0.4) is 0 Å². The van der Waals surface area contributed by atoms with E-state index in [0.29, 0.717) is 13.0 Å². The molecule has 0 aliphatic heterocycles. The Labute approximate surface area is 101 Å². The highest BCUT2D eigenvalue weighted by molar-refractivity contribution is 7.99. The van der Waals surface area contributed by atoms with Crippen LogP contribution in [-0.4, -0.2) is 18.3 Å².